The Morgan fingerprint density at radius 1 is 0.806 bits per heavy atom. The van der Waals surface area contributed by atoms with Gasteiger partial charge in [-0.05, 0) is 24.4 Å². The summed E-state index contributed by atoms with van der Waals surface area (Å²) in [5, 5.41) is 13.5. The van der Waals surface area contributed by atoms with E-state index in [1.54, 1.807) is 18.2 Å². The van der Waals surface area contributed by atoms with Crippen molar-refractivity contribution in [2.45, 2.75) is 13.8 Å². The Morgan fingerprint density at radius 3 is 2.25 bits per heavy atom. The monoisotopic (exact) mass is 648 g/mol. The van der Waals surface area contributed by atoms with Crippen molar-refractivity contribution in [1.29, 1.82) is 0 Å². The number of hydrogen-bond donors (Lipinski definition) is 1. The summed E-state index contributed by atoms with van der Waals surface area (Å²) in [4.78, 5) is 19.9. The molecule has 0 aliphatic heterocycles. The van der Waals surface area contributed by atoms with Crippen molar-refractivity contribution >= 4 is 38.9 Å². The van der Waals surface area contributed by atoms with E-state index in [1.807, 2.05) is 30.5 Å². The zero-order chi connectivity index (χ0) is 24.4. The number of benzene rings is 5. The fourth-order valence-corrected chi connectivity index (χ4v) is 4.20. The summed E-state index contributed by atoms with van der Waals surface area (Å²) in [6.45, 7) is 4.23. The van der Waals surface area contributed by atoms with Gasteiger partial charge < -0.3 is 10.1 Å². The minimum absolute atomic E-state index is 0. The van der Waals surface area contributed by atoms with E-state index < -0.39 is 0 Å². The molecule has 0 saturated carbocycles. The number of phenols is 1. The molecule has 36 heavy (non-hydrogen) atoms. The third kappa shape index (κ3) is 4.90. The molecule has 6 rings (SSSR count). The second-order valence-corrected chi connectivity index (χ2v) is 8.51. The SMILES string of the molecule is Cc1c[c-]c2c(c1)c1cc(C)ccc1c1nc(-c3ccccc3)cnc21.O=Cc1ccccc1O.[Ir]. The maximum absolute atomic E-state index is 10.1. The minimum atomic E-state index is 0. The fraction of sp³-hybridized carbons (Fsp3) is 0.0645. The Labute approximate surface area is 223 Å². The van der Waals surface area contributed by atoms with Gasteiger partial charge in [0.1, 0.15) is 5.75 Å². The third-order valence-electron chi connectivity index (χ3n) is 5.95. The predicted octanol–water partition coefficient (Wildman–Crippen LogP) is 7.22. The summed E-state index contributed by atoms with van der Waals surface area (Å²) in [6.07, 6.45) is 2.49. The van der Waals surface area contributed by atoms with Crippen LogP contribution in [0.2, 0.25) is 0 Å². The number of rotatable bonds is 2. The van der Waals surface area contributed by atoms with Gasteiger partial charge in [-0.2, -0.15) is 0 Å². The third-order valence-corrected chi connectivity index (χ3v) is 5.95. The number of aromatic nitrogens is 2. The first-order valence-electron chi connectivity index (χ1n) is 11.3. The molecule has 0 atom stereocenters. The van der Waals surface area contributed by atoms with E-state index in [4.69, 9.17) is 15.1 Å². The number of carbonyl (C=O) groups excluding carboxylic acids is 1. The molecule has 0 spiro atoms. The molecule has 179 valence electrons. The van der Waals surface area contributed by atoms with E-state index >= 15 is 0 Å². The quantitative estimate of drug-likeness (QED) is 0.123. The number of fused-ring (bicyclic) bond motifs is 6. The summed E-state index contributed by atoms with van der Waals surface area (Å²) < 4.78 is 0. The van der Waals surface area contributed by atoms with Crippen LogP contribution in [0.15, 0.2) is 91.1 Å². The molecule has 0 fully saturated rings. The summed E-state index contributed by atoms with van der Waals surface area (Å²) in [5.74, 6) is 0.0347. The van der Waals surface area contributed by atoms with Crippen molar-refractivity contribution in [2.75, 3.05) is 0 Å². The summed E-state index contributed by atoms with van der Waals surface area (Å²) >= 11 is 0. The average molecular weight is 648 g/mol. The van der Waals surface area contributed by atoms with Gasteiger partial charge in [-0.25, -0.2) is 0 Å². The average Bonchev–Trinajstić information content (AvgIpc) is 2.89. The Morgan fingerprint density at radius 2 is 1.53 bits per heavy atom. The van der Waals surface area contributed by atoms with E-state index in [0.29, 0.717) is 11.8 Å². The predicted molar refractivity (Wildman–Crippen MR) is 142 cm³/mol. The van der Waals surface area contributed by atoms with Gasteiger partial charge in [-0.15, -0.1) is 29.1 Å². The van der Waals surface area contributed by atoms with Crippen LogP contribution in [0.5, 0.6) is 5.75 Å². The van der Waals surface area contributed by atoms with Crippen LogP contribution in [0.3, 0.4) is 0 Å². The summed E-state index contributed by atoms with van der Waals surface area (Å²) in [6, 6.07) is 30.8. The molecule has 1 heterocycles. The normalized spacial score (nSPS) is 10.5. The Hall–Kier alpha value is -3.92. The van der Waals surface area contributed by atoms with Crippen LogP contribution in [-0.2, 0) is 20.1 Å². The molecule has 0 amide bonds. The number of nitrogens with zero attached hydrogens (tertiary/aromatic N) is 2. The number of aromatic hydroxyl groups is 1. The van der Waals surface area contributed by atoms with Gasteiger partial charge in [0, 0.05) is 37.4 Å². The van der Waals surface area contributed by atoms with E-state index in [9.17, 15) is 4.79 Å². The molecule has 0 bridgehead atoms. The molecule has 0 aliphatic rings. The van der Waals surface area contributed by atoms with Crippen molar-refractivity contribution in [3.05, 3.63) is 114 Å². The Balaban J connectivity index is 0.000000260. The Bertz CT molecular complexity index is 1700. The van der Waals surface area contributed by atoms with Crippen LogP contribution in [0, 0.1) is 19.9 Å². The molecule has 4 nitrogen and oxygen atoms in total. The maximum atomic E-state index is 10.1. The standard InChI is InChI=1S/C24H17N2.C7H6O2.Ir/c1-15-8-10-18-20(12-15)21-13-16(2)9-11-19(21)24-23(18)25-14-22(26-24)17-6-4-3-5-7-17;8-5-6-3-1-2-4-7(6)9;/h3-9,11-14H,1-2H3;1-5,9H;/q-1;;. The first kappa shape index (κ1) is 25.2. The van der Waals surface area contributed by atoms with Gasteiger partial charge in [0.25, 0.3) is 0 Å². The van der Waals surface area contributed by atoms with E-state index in [2.05, 4.69) is 56.3 Å². The first-order chi connectivity index (χ1) is 17.0. The van der Waals surface area contributed by atoms with E-state index in [1.165, 1.54) is 28.0 Å². The van der Waals surface area contributed by atoms with Gasteiger partial charge in [0.05, 0.1) is 16.8 Å². The van der Waals surface area contributed by atoms with Crippen molar-refractivity contribution in [3.8, 4) is 17.0 Å². The molecule has 5 aromatic carbocycles. The zero-order valence-corrected chi connectivity index (χ0v) is 22.2. The van der Waals surface area contributed by atoms with Gasteiger partial charge in [0.15, 0.2) is 6.29 Å². The topological polar surface area (TPSA) is 63.1 Å². The van der Waals surface area contributed by atoms with E-state index in [-0.39, 0.29) is 25.9 Å². The molecule has 0 unspecified atom stereocenters. The van der Waals surface area contributed by atoms with Crippen LogP contribution >= 0.6 is 0 Å². The van der Waals surface area contributed by atoms with Gasteiger partial charge in [-0.3, -0.25) is 9.78 Å². The van der Waals surface area contributed by atoms with Gasteiger partial charge in [-0.1, -0.05) is 83.9 Å². The van der Waals surface area contributed by atoms with Crippen molar-refractivity contribution in [2.24, 2.45) is 0 Å². The fourth-order valence-electron chi connectivity index (χ4n) is 4.20. The van der Waals surface area contributed by atoms with Crippen LogP contribution in [-0.4, -0.2) is 21.4 Å². The van der Waals surface area contributed by atoms with Crippen LogP contribution in [0.4, 0.5) is 0 Å². The number of phenolic OH excluding ortho intramolecular Hbond substituents is 1. The van der Waals surface area contributed by atoms with Gasteiger partial charge >= 0.3 is 0 Å². The van der Waals surface area contributed by atoms with Crippen LogP contribution in [0.25, 0.3) is 43.8 Å². The number of carbonyl (C=O) groups is 1. The molecule has 1 radical (unpaired) electrons. The minimum Gasteiger partial charge on any atom is -0.507 e. The second kappa shape index (κ2) is 10.8. The summed E-state index contributed by atoms with van der Waals surface area (Å²) in [5.41, 5.74) is 6.60. The van der Waals surface area contributed by atoms with Crippen LogP contribution < -0.4 is 0 Å². The van der Waals surface area contributed by atoms with Crippen molar-refractivity contribution < 1.29 is 30.0 Å². The van der Waals surface area contributed by atoms with Crippen molar-refractivity contribution in [3.63, 3.8) is 0 Å². The second-order valence-electron chi connectivity index (χ2n) is 8.51. The van der Waals surface area contributed by atoms with E-state index in [0.717, 1.165) is 33.1 Å². The number of aryl methyl sites for hydroxylation is 2. The molecule has 1 N–H and O–H groups in total. The number of para-hydroxylation sites is 1. The maximum Gasteiger partial charge on any atom is 0.153 e. The molecule has 1 aromatic heterocycles. The zero-order valence-electron chi connectivity index (χ0n) is 19.8. The van der Waals surface area contributed by atoms with Crippen molar-refractivity contribution in [1.82, 2.24) is 9.97 Å². The molecular weight excluding hydrogens is 625 g/mol. The first-order valence-corrected chi connectivity index (χ1v) is 11.3. The molecule has 6 aromatic rings. The summed E-state index contributed by atoms with van der Waals surface area (Å²) in [7, 11) is 0. The molecule has 0 saturated heterocycles. The molecular formula is C31H23IrN2O2-. The van der Waals surface area contributed by atoms with Gasteiger partial charge in [0.2, 0.25) is 0 Å². The molecule has 5 heteroatoms. The van der Waals surface area contributed by atoms with Crippen LogP contribution in [0.1, 0.15) is 21.5 Å². The largest absolute Gasteiger partial charge is 0.507 e. The smallest absolute Gasteiger partial charge is 0.153 e. The Kier molecular flexibility index (Phi) is 7.54. The molecule has 0 aliphatic carbocycles. The number of aldehydes is 1. The number of hydrogen-bond acceptors (Lipinski definition) is 4.